The normalized spacial score (nSPS) is 19.1. The number of hydrogen-bond donors (Lipinski definition) is 1. The number of likely N-dealkylation sites (tertiary alicyclic amines) is 2. The number of fused-ring (bicyclic) bond motifs is 5. The first-order chi connectivity index (χ1) is 33.6. The highest BCUT2D eigenvalue weighted by Gasteiger charge is 2.46. The van der Waals surface area contributed by atoms with E-state index in [4.69, 9.17) is 30.9 Å². The quantitative estimate of drug-likeness (QED) is 0.0657. The number of piperazine rings is 1. The largest absolute Gasteiger partial charge is 0.493 e. The number of halogens is 1. The lowest BCUT2D eigenvalue weighted by molar-refractivity contribution is -0.137. The lowest BCUT2D eigenvalue weighted by Crippen LogP contribution is -2.52. The average Bonchev–Trinajstić information content (AvgIpc) is 4.13. The van der Waals surface area contributed by atoms with Crippen molar-refractivity contribution in [1.29, 1.82) is 0 Å². The Balaban J connectivity index is 0.888. The van der Waals surface area contributed by atoms with Gasteiger partial charge in [0.05, 0.1) is 29.4 Å². The summed E-state index contributed by atoms with van der Waals surface area (Å²) in [5.74, 6) is -0.449. The van der Waals surface area contributed by atoms with E-state index < -0.39 is 23.5 Å². The molecule has 1 N–H and O–H groups in total. The van der Waals surface area contributed by atoms with E-state index in [0.717, 1.165) is 61.9 Å². The molecule has 2 aromatic heterocycles. The summed E-state index contributed by atoms with van der Waals surface area (Å²) < 4.78 is 22.7. The monoisotopic (exact) mass is 967 g/mol. The summed E-state index contributed by atoms with van der Waals surface area (Å²) in [5, 5.41) is 10.7. The number of esters is 1. The Labute approximate surface area is 411 Å². The highest BCUT2D eigenvalue weighted by atomic mass is 35.5. The molecule has 3 saturated heterocycles. The number of aromatic nitrogens is 3. The Morgan fingerprint density at radius 2 is 1.64 bits per heavy atom. The van der Waals surface area contributed by atoms with E-state index in [2.05, 4.69) is 33.0 Å². The fraction of sp³-hybridized carbons (Fsp3) is 0.407. The Kier molecular flexibility index (Phi) is 12.5. The summed E-state index contributed by atoms with van der Waals surface area (Å²) in [6.45, 7) is 12.3. The number of nitrogens with zero attached hydrogens (tertiary/aromatic N) is 6. The minimum absolute atomic E-state index is 0.0260. The van der Waals surface area contributed by atoms with Crippen LogP contribution in [0, 0.1) is 13.8 Å². The fourth-order valence-electron chi connectivity index (χ4n) is 11.1. The number of carbonyl (C=O) groups is 5. The summed E-state index contributed by atoms with van der Waals surface area (Å²) in [6, 6.07) is 22.6. The second kappa shape index (κ2) is 18.6. The van der Waals surface area contributed by atoms with Crippen molar-refractivity contribution in [2.75, 3.05) is 32.8 Å². The van der Waals surface area contributed by atoms with Gasteiger partial charge in [0.15, 0.2) is 6.61 Å². The van der Waals surface area contributed by atoms with Crippen LogP contribution in [0.15, 0.2) is 72.8 Å². The molecule has 3 unspecified atom stereocenters. The van der Waals surface area contributed by atoms with Crippen LogP contribution in [0.25, 0.3) is 32.8 Å². The Hall–Kier alpha value is -6.71. The molecule has 3 atom stereocenters. The second-order valence-corrected chi connectivity index (χ2v) is 20.4. The number of nitrogens with one attached hydrogen (secondary N) is 1. The van der Waals surface area contributed by atoms with Gasteiger partial charge in [0.2, 0.25) is 11.8 Å². The number of rotatable bonds is 14. The van der Waals surface area contributed by atoms with E-state index in [0.29, 0.717) is 73.2 Å². The van der Waals surface area contributed by atoms with Crippen LogP contribution < -0.4 is 14.8 Å². The number of ether oxygens (including phenoxy) is 3. The number of hydrogen-bond acceptors (Lipinski definition) is 10. The Bertz CT molecular complexity index is 3110. The third-order valence-corrected chi connectivity index (χ3v) is 14.7. The molecule has 6 heterocycles. The molecule has 0 spiro atoms. The molecule has 4 aromatic carbocycles. The first-order valence-corrected chi connectivity index (χ1v) is 24.5. The lowest BCUT2D eigenvalue weighted by Gasteiger charge is -2.34. The predicted octanol–water partition coefficient (Wildman–Crippen LogP) is 7.56. The van der Waals surface area contributed by atoms with Gasteiger partial charge in [-0.2, -0.15) is 5.10 Å². The Morgan fingerprint density at radius 1 is 0.871 bits per heavy atom. The van der Waals surface area contributed by atoms with Crippen LogP contribution in [0.3, 0.4) is 0 Å². The van der Waals surface area contributed by atoms with Crippen molar-refractivity contribution in [3.05, 3.63) is 112 Å². The van der Waals surface area contributed by atoms with Gasteiger partial charge in [-0.05, 0) is 95.5 Å². The van der Waals surface area contributed by atoms with Crippen molar-refractivity contribution in [1.82, 2.24) is 34.4 Å². The molecule has 6 aromatic rings. The SMILES string of the molecule is Cc1nn(C)c(C)c1-c1c(Cl)ccc2c(CCCOc3cccc4ccccc34)c(C(=O)OC(C)(C)C)n(CCN3CC4CC3CN4C(=O)COc3cccc4c3CN(C3CCC(=O)NC3=O)C4=O)c12. The van der Waals surface area contributed by atoms with Crippen LogP contribution in [0.2, 0.25) is 5.02 Å². The highest BCUT2D eigenvalue weighted by molar-refractivity contribution is 6.35. The van der Waals surface area contributed by atoms with Crippen LogP contribution in [0.5, 0.6) is 11.5 Å². The Morgan fingerprint density at radius 3 is 2.39 bits per heavy atom. The van der Waals surface area contributed by atoms with E-state index in [1.54, 1.807) is 18.2 Å². The molecule has 364 valence electrons. The molecular formula is C54H58ClN7O8. The number of carbonyl (C=O) groups excluding carboxylic acids is 5. The van der Waals surface area contributed by atoms with Gasteiger partial charge < -0.3 is 28.6 Å². The lowest BCUT2D eigenvalue weighted by atomic mass is 9.98. The minimum Gasteiger partial charge on any atom is -0.493 e. The summed E-state index contributed by atoms with van der Waals surface area (Å²) >= 11 is 7.24. The van der Waals surface area contributed by atoms with Crippen molar-refractivity contribution >= 4 is 62.9 Å². The first kappa shape index (κ1) is 47.0. The van der Waals surface area contributed by atoms with Crippen molar-refractivity contribution in [2.24, 2.45) is 7.05 Å². The molecule has 3 fully saturated rings. The number of benzene rings is 4. The van der Waals surface area contributed by atoms with Gasteiger partial charge in [0.25, 0.3) is 11.8 Å². The standard InChI is InChI=1S/C54H58ClN7O8/c1-31-47(32(2)58(6)57-31)48-41(55)20-19-38-37(16-11-25-68-43-17-9-13-33-12-7-8-14-36(33)43)50(53(67)70-54(3,4)5)60(49(38)48)24-23-59-27-35-26-34(59)28-61(35)46(64)30-69-44-18-10-15-39-40(44)29-62(52(39)66)42-21-22-45(63)56-51(42)65/h7-10,12-15,17-20,34-35,42H,11,16,21-30H2,1-6H3,(H,56,63,65). The number of amides is 4. The van der Waals surface area contributed by atoms with Crippen LogP contribution in [0.4, 0.5) is 0 Å². The maximum atomic E-state index is 14.7. The molecule has 16 heteroatoms. The molecule has 10 rings (SSSR count). The maximum absolute atomic E-state index is 14.7. The molecule has 4 amide bonds. The molecular weight excluding hydrogens is 910 g/mol. The highest BCUT2D eigenvalue weighted by Crippen LogP contribution is 2.43. The molecule has 4 aliphatic rings. The van der Waals surface area contributed by atoms with Crippen LogP contribution in [0.1, 0.15) is 89.8 Å². The van der Waals surface area contributed by atoms with Gasteiger partial charge in [0.1, 0.15) is 28.8 Å². The number of aryl methyl sites for hydroxylation is 3. The van der Waals surface area contributed by atoms with Crippen LogP contribution in [-0.4, -0.2) is 115 Å². The summed E-state index contributed by atoms with van der Waals surface area (Å²) in [6.07, 6.45) is 2.40. The van der Waals surface area contributed by atoms with Crippen molar-refractivity contribution in [2.45, 2.75) is 104 Å². The van der Waals surface area contributed by atoms with Gasteiger partial charge in [-0.25, -0.2) is 4.79 Å². The van der Waals surface area contributed by atoms with Crippen molar-refractivity contribution < 1.29 is 38.2 Å². The van der Waals surface area contributed by atoms with Crippen LogP contribution >= 0.6 is 11.6 Å². The molecule has 0 saturated carbocycles. The fourth-order valence-corrected chi connectivity index (χ4v) is 11.4. The number of imide groups is 1. The van der Waals surface area contributed by atoms with E-state index in [-0.39, 0.29) is 55.8 Å². The zero-order chi connectivity index (χ0) is 49.2. The molecule has 0 aliphatic carbocycles. The summed E-state index contributed by atoms with van der Waals surface area (Å²) in [5.41, 5.74) is 6.04. The van der Waals surface area contributed by atoms with Gasteiger partial charge >= 0.3 is 5.97 Å². The molecule has 15 nitrogen and oxygen atoms in total. The van der Waals surface area contributed by atoms with Gasteiger partial charge in [-0.3, -0.25) is 34.1 Å². The van der Waals surface area contributed by atoms with Gasteiger partial charge in [0, 0.05) is 90.5 Å². The predicted molar refractivity (Wildman–Crippen MR) is 265 cm³/mol. The van der Waals surface area contributed by atoms with Gasteiger partial charge in [-0.1, -0.05) is 60.1 Å². The van der Waals surface area contributed by atoms with Gasteiger partial charge in [-0.15, -0.1) is 0 Å². The topological polar surface area (TPSA) is 158 Å². The second-order valence-electron chi connectivity index (χ2n) is 20.0. The molecule has 2 bridgehead atoms. The molecule has 70 heavy (non-hydrogen) atoms. The van der Waals surface area contributed by atoms with E-state index in [1.807, 2.05) is 87.6 Å². The minimum atomic E-state index is -0.758. The zero-order valence-electron chi connectivity index (χ0n) is 40.5. The zero-order valence-corrected chi connectivity index (χ0v) is 41.2. The number of piperidine rings is 1. The van der Waals surface area contributed by atoms with Crippen LogP contribution in [-0.2, 0) is 45.7 Å². The summed E-state index contributed by atoms with van der Waals surface area (Å²) in [7, 11) is 1.92. The third kappa shape index (κ3) is 8.67. The molecule has 0 radical (unpaired) electrons. The maximum Gasteiger partial charge on any atom is 0.355 e. The van der Waals surface area contributed by atoms with E-state index >= 15 is 0 Å². The third-order valence-electron chi connectivity index (χ3n) is 14.4. The first-order valence-electron chi connectivity index (χ1n) is 24.2. The van der Waals surface area contributed by atoms with E-state index in [1.165, 1.54) is 4.90 Å². The van der Waals surface area contributed by atoms with E-state index in [9.17, 15) is 24.0 Å². The summed E-state index contributed by atoms with van der Waals surface area (Å²) in [4.78, 5) is 72.2. The average molecular weight is 969 g/mol. The molecule has 4 aliphatic heterocycles. The van der Waals surface area contributed by atoms with Crippen molar-refractivity contribution in [3.63, 3.8) is 0 Å². The van der Waals surface area contributed by atoms with Crippen molar-refractivity contribution in [3.8, 4) is 22.6 Å². The smallest absolute Gasteiger partial charge is 0.355 e.